The molecule has 0 spiro atoms. The molecule has 6 nitrogen and oxygen atoms in total. The molecule has 0 radical (unpaired) electrons. The third kappa shape index (κ3) is 8.55. The van der Waals surface area contributed by atoms with E-state index < -0.39 is 92.3 Å². The normalized spacial score (nSPS) is 19.3. The molecule has 0 aromatic heterocycles. The molecule has 0 unspecified atom stereocenters. The first-order valence-corrected chi connectivity index (χ1v) is 12.1. The van der Waals surface area contributed by atoms with Crippen LogP contribution in [0.4, 0.5) is 52.7 Å². The molecule has 0 saturated heterocycles. The highest BCUT2D eigenvalue weighted by atomic mass is 19.4. The van der Waals surface area contributed by atoms with Gasteiger partial charge in [0.05, 0.1) is 6.10 Å². The van der Waals surface area contributed by atoms with Gasteiger partial charge in [0.2, 0.25) is 0 Å². The fourth-order valence-corrected chi connectivity index (χ4v) is 3.66. The minimum absolute atomic E-state index is 0.387. The third-order valence-electron chi connectivity index (χ3n) is 5.93. The molecule has 18 heteroatoms. The van der Waals surface area contributed by atoms with Gasteiger partial charge >= 0.3 is 47.8 Å². The largest absolute Gasteiger partial charge is 0.462 e. The Kier molecular flexibility index (Phi) is 12.2. The molecule has 0 aromatic carbocycles. The van der Waals surface area contributed by atoms with E-state index in [9.17, 15) is 62.3 Å². The molecule has 0 atom stereocenters. The fourth-order valence-electron chi connectivity index (χ4n) is 3.66. The van der Waals surface area contributed by atoms with Crippen molar-refractivity contribution in [1.29, 1.82) is 0 Å². The van der Waals surface area contributed by atoms with Gasteiger partial charge in [0.15, 0.2) is 0 Å². The Bertz CT molecular complexity index is 906. The number of hydrogen-bond donors (Lipinski definition) is 1. The number of halogens is 12. The van der Waals surface area contributed by atoms with E-state index in [1.807, 2.05) is 6.92 Å². The number of aliphatic hydroxyl groups is 1. The molecule has 0 aromatic rings. The number of carbonyl (C=O) groups excluding carboxylic acids is 2. The number of hydrogen-bond acceptors (Lipinski definition) is 6. The standard InChI is InChI=1S/C23H26F12O6/c1-2-3-4-5-6-7-8-13-39-17(37)19(22(30,31)32,23(33,34)35)41-15-11-9-14(10-12-15)40-16(36)18(38,20(24,25)26)21(27,28)29/h14-15,38H,2-5,8-13H2,1H3. The Morgan fingerprint density at radius 1 is 0.707 bits per heavy atom. The summed E-state index contributed by atoms with van der Waals surface area (Å²) in [7, 11) is 0. The zero-order chi connectivity index (χ0) is 31.9. The van der Waals surface area contributed by atoms with Gasteiger partial charge in [0, 0.05) is 12.8 Å². The minimum Gasteiger partial charge on any atom is -0.462 e. The fraction of sp³-hybridized carbons (Fsp3) is 0.826. The van der Waals surface area contributed by atoms with Crippen LogP contribution in [-0.2, 0) is 23.8 Å². The van der Waals surface area contributed by atoms with Crippen LogP contribution in [0.2, 0.25) is 0 Å². The summed E-state index contributed by atoms with van der Waals surface area (Å²) in [6.07, 6.45) is -31.0. The first-order valence-electron chi connectivity index (χ1n) is 12.1. The Morgan fingerprint density at radius 2 is 1.17 bits per heavy atom. The number of ether oxygens (including phenoxy) is 3. The molecule has 41 heavy (non-hydrogen) atoms. The summed E-state index contributed by atoms with van der Waals surface area (Å²) >= 11 is 0. The minimum atomic E-state index is -6.57. The lowest BCUT2D eigenvalue weighted by atomic mass is 9.93. The van der Waals surface area contributed by atoms with Crippen LogP contribution in [-0.4, -0.2) is 71.8 Å². The van der Waals surface area contributed by atoms with Crippen molar-refractivity contribution in [3.05, 3.63) is 0 Å². The first kappa shape index (κ1) is 36.6. The lowest BCUT2D eigenvalue weighted by molar-refractivity contribution is -0.379. The molecule has 1 N–H and O–H groups in total. The monoisotopic (exact) mass is 626 g/mol. The number of rotatable bonds is 10. The van der Waals surface area contributed by atoms with Gasteiger partial charge in [0.1, 0.15) is 12.7 Å². The zero-order valence-corrected chi connectivity index (χ0v) is 21.2. The highest BCUT2D eigenvalue weighted by molar-refractivity contribution is 5.82. The predicted molar refractivity (Wildman–Crippen MR) is 113 cm³/mol. The second-order valence-corrected chi connectivity index (χ2v) is 9.00. The number of esters is 2. The first-order chi connectivity index (χ1) is 18.6. The van der Waals surface area contributed by atoms with E-state index in [0.29, 0.717) is 12.8 Å². The maximum atomic E-state index is 13.7. The van der Waals surface area contributed by atoms with Crippen molar-refractivity contribution in [2.75, 3.05) is 6.61 Å². The van der Waals surface area contributed by atoms with Crippen LogP contribution in [0.25, 0.3) is 0 Å². The second-order valence-electron chi connectivity index (χ2n) is 9.00. The Balaban J connectivity index is 2.99. The number of unbranched alkanes of at least 4 members (excludes halogenated alkanes) is 3. The summed E-state index contributed by atoms with van der Waals surface area (Å²) < 4.78 is 172. The van der Waals surface area contributed by atoms with E-state index >= 15 is 0 Å². The molecule has 0 bridgehead atoms. The zero-order valence-electron chi connectivity index (χ0n) is 21.2. The van der Waals surface area contributed by atoms with Crippen LogP contribution in [0.3, 0.4) is 0 Å². The molecule has 238 valence electrons. The average Bonchev–Trinajstić information content (AvgIpc) is 2.81. The van der Waals surface area contributed by atoms with Gasteiger partial charge in [-0.15, -0.1) is 5.92 Å². The van der Waals surface area contributed by atoms with Crippen LogP contribution in [0.5, 0.6) is 0 Å². The van der Waals surface area contributed by atoms with Gasteiger partial charge in [-0.3, -0.25) is 0 Å². The van der Waals surface area contributed by atoms with Gasteiger partial charge in [-0.2, -0.15) is 52.7 Å². The highest BCUT2D eigenvalue weighted by Gasteiger charge is 2.79. The average molecular weight is 626 g/mol. The Hall–Kier alpha value is -2.42. The molecule has 1 fully saturated rings. The lowest BCUT2D eigenvalue weighted by Gasteiger charge is -2.39. The van der Waals surface area contributed by atoms with E-state index in [2.05, 4.69) is 26.1 Å². The van der Waals surface area contributed by atoms with Crippen molar-refractivity contribution in [2.45, 2.75) is 113 Å². The summed E-state index contributed by atoms with van der Waals surface area (Å²) in [5, 5.41) is 9.02. The van der Waals surface area contributed by atoms with E-state index in [-0.39, 0.29) is 6.42 Å². The molecule has 0 heterocycles. The summed E-state index contributed by atoms with van der Waals surface area (Å²) in [5.74, 6) is -0.992. The third-order valence-corrected chi connectivity index (χ3v) is 5.93. The van der Waals surface area contributed by atoms with Crippen molar-refractivity contribution in [3.8, 4) is 11.8 Å². The quantitative estimate of drug-likeness (QED) is 0.137. The molecule has 1 aliphatic rings. The lowest BCUT2D eigenvalue weighted by Crippen LogP contribution is -2.66. The van der Waals surface area contributed by atoms with Crippen molar-refractivity contribution < 1.29 is 81.6 Å². The molecule has 1 rings (SSSR count). The van der Waals surface area contributed by atoms with E-state index in [1.54, 1.807) is 0 Å². The van der Waals surface area contributed by atoms with Gasteiger partial charge in [-0.05, 0) is 32.1 Å². The summed E-state index contributed by atoms with van der Waals surface area (Å²) in [6.45, 7) is 0.972. The van der Waals surface area contributed by atoms with Crippen LogP contribution in [0.1, 0.15) is 64.7 Å². The SMILES string of the molecule is CCCCCC#CCCOC(=O)C(OC1CCC(OC(=O)C(O)(C(F)(F)F)C(F)(F)F)CC1)(C(F)(F)F)C(F)(F)F. The van der Waals surface area contributed by atoms with Crippen molar-refractivity contribution in [3.63, 3.8) is 0 Å². The smallest absolute Gasteiger partial charge is 0.437 e. The number of carbonyl (C=O) groups is 2. The van der Waals surface area contributed by atoms with E-state index in [0.717, 1.165) is 12.8 Å². The van der Waals surface area contributed by atoms with Crippen LogP contribution in [0.15, 0.2) is 0 Å². The van der Waals surface area contributed by atoms with Crippen molar-refractivity contribution in [2.24, 2.45) is 0 Å². The molecule has 0 amide bonds. The maximum Gasteiger partial charge on any atom is 0.437 e. The van der Waals surface area contributed by atoms with Crippen molar-refractivity contribution in [1.82, 2.24) is 0 Å². The van der Waals surface area contributed by atoms with E-state index in [4.69, 9.17) is 5.11 Å². The molecular weight excluding hydrogens is 600 g/mol. The maximum absolute atomic E-state index is 13.7. The second kappa shape index (κ2) is 13.7. The van der Waals surface area contributed by atoms with Crippen LogP contribution < -0.4 is 0 Å². The summed E-state index contributed by atoms with van der Waals surface area (Å²) in [5.41, 5.74) is -11.4. The Labute approximate surface area is 225 Å². The van der Waals surface area contributed by atoms with Crippen molar-refractivity contribution >= 4 is 11.9 Å². The molecular formula is C23H26F12O6. The summed E-state index contributed by atoms with van der Waals surface area (Å²) in [6, 6.07) is 0. The highest BCUT2D eigenvalue weighted by Crippen LogP contribution is 2.49. The summed E-state index contributed by atoms with van der Waals surface area (Å²) in [4.78, 5) is 23.8. The molecule has 1 saturated carbocycles. The van der Waals surface area contributed by atoms with Gasteiger partial charge in [-0.25, -0.2) is 9.59 Å². The Morgan fingerprint density at radius 3 is 1.61 bits per heavy atom. The molecule has 0 aliphatic heterocycles. The van der Waals surface area contributed by atoms with Crippen LogP contribution in [0, 0.1) is 11.8 Å². The van der Waals surface area contributed by atoms with Crippen LogP contribution >= 0.6 is 0 Å². The topological polar surface area (TPSA) is 82.1 Å². The number of alkyl halides is 12. The molecule has 1 aliphatic carbocycles. The van der Waals surface area contributed by atoms with Gasteiger partial charge in [-0.1, -0.05) is 25.7 Å². The predicted octanol–water partition coefficient (Wildman–Crippen LogP) is 6.09. The van der Waals surface area contributed by atoms with E-state index in [1.165, 1.54) is 0 Å². The van der Waals surface area contributed by atoms with Gasteiger partial charge in [0.25, 0.3) is 0 Å². The van der Waals surface area contributed by atoms with Gasteiger partial charge < -0.3 is 19.3 Å².